The van der Waals surface area contributed by atoms with E-state index in [1.54, 1.807) is 0 Å². The van der Waals surface area contributed by atoms with Crippen LogP contribution < -0.4 is 0 Å². The number of aryl methyl sites for hydroxylation is 1. The molecule has 1 aromatic rings. The van der Waals surface area contributed by atoms with Gasteiger partial charge in [-0.2, -0.15) is 0 Å². The molecule has 1 rings (SSSR count). The van der Waals surface area contributed by atoms with Gasteiger partial charge in [-0.3, -0.25) is 0 Å². The van der Waals surface area contributed by atoms with Crippen LogP contribution >= 0.6 is 0 Å². The molecule has 0 saturated heterocycles. The van der Waals surface area contributed by atoms with Gasteiger partial charge in [0.2, 0.25) is 0 Å². The third-order valence-corrected chi connectivity index (χ3v) is 2.64. The van der Waals surface area contributed by atoms with Crippen molar-refractivity contribution in [2.24, 2.45) is 0 Å². The minimum Gasteiger partial charge on any atom is -0.0838 e. The Bertz CT molecular complexity index is 308. The molecular formula is C14H20. The molecule has 1 aromatic carbocycles. The van der Waals surface area contributed by atoms with E-state index in [0.29, 0.717) is 0 Å². The molecule has 0 N–H and O–H groups in total. The van der Waals surface area contributed by atoms with Crippen LogP contribution in [-0.4, -0.2) is 0 Å². The summed E-state index contributed by atoms with van der Waals surface area (Å²) >= 11 is 0. The summed E-state index contributed by atoms with van der Waals surface area (Å²) < 4.78 is 0. The lowest BCUT2D eigenvalue weighted by atomic mass is 9.96. The first-order chi connectivity index (χ1) is 6.79. The van der Waals surface area contributed by atoms with Crippen molar-refractivity contribution in [1.29, 1.82) is 0 Å². The van der Waals surface area contributed by atoms with Crippen LogP contribution in [0, 0.1) is 6.92 Å². The molecule has 0 atom stereocenters. The third-order valence-electron chi connectivity index (χ3n) is 2.64. The van der Waals surface area contributed by atoms with Crippen molar-refractivity contribution < 1.29 is 0 Å². The van der Waals surface area contributed by atoms with Crippen molar-refractivity contribution in [2.75, 3.05) is 0 Å². The molecular weight excluding hydrogens is 168 g/mol. The first kappa shape index (κ1) is 11.0. The summed E-state index contributed by atoms with van der Waals surface area (Å²) in [6, 6.07) is 8.63. The van der Waals surface area contributed by atoms with E-state index in [-0.39, 0.29) is 0 Å². The third kappa shape index (κ3) is 2.73. The lowest BCUT2D eigenvalue weighted by Gasteiger charge is -2.09. The van der Waals surface area contributed by atoms with Gasteiger partial charge >= 0.3 is 0 Å². The van der Waals surface area contributed by atoms with Crippen LogP contribution in [0.4, 0.5) is 0 Å². The van der Waals surface area contributed by atoms with Crippen LogP contribution in [0.1, 0.15) is 44.2 Å². The van der Waals surface area contributed by atoms with Gasteiger partial charge in [0.25, 0.3) is 0 Å². The summed E-state index contributed by atoms with van der Waals surface area (Å²) in [6.07, 6.45) is 6.01. The highest BCUT2D eigenvalue weighted by atomic mass is 14.1. The Morgan fingerprint density at radius 3 is 2.57 bits per heavy atom. The Balaban J connectivity index is 2.85. The quantitative estimate of drug-likeness (QED) is 0.648. The molecule has 0 nitrogen and oxygen atoms in total. The molecule has 0 aliphatic carbocycles. The minimum absolute atomic E-state index is 1.21. The van der Waals surface area contributed by atoms with Crippen LogP contribution in [0.2, 0.25) is 0 Å². The van der Waals surface area contributed by atoms with E-state index in [1.807, 2.05) is 0 Å². The smallest absolute Gasteiger partial charge is 0.0199 e. The zero-order valence-corrected chi connectivity index (χ0v) is 9.51. The normalized spacial score (nSPS) is 11.8. The zero-order chi connectivity index (χ0) is 10.4. The van der Waals surface area contributed by atoms with Gasteiger partial charge in [-0.25, -0.2) is 0 Å². The molecule has 0 amide bonds. The van der Waals surface area contributed by atoms with Crippen LogP contribution in [0.3, 0.4) is 0 Å². The fraction of sp³-hybridized carbons (Fsp3) is 0.429. The van der Waals surface area contributed by atoms with Crippen LogP contribution in [0.5, 0.6) is 0 Å². The molecule has 0 fully saturated rings. The molecule has 0 unspecified atom stereocenters. The summed E-state index contributed by atoms with van der Waals surface area (Å²) in [5, 5.41) is 0. The van der Waals surface area contributed by atoms with Crippen molar-refractivity contribution in [3.05, 3.63) is 41.5 Å². The van der Waals surface area contributed by atoms with E-state index in [4.69, 9.17) is 0 Å². The monoisotopic (exact) mass is 188 g/mol. The number of allylic oxidation sites excluding steroid dienone is 2. The second kappa shape index (κ2) is 5.64. The van der Waals surface area contributed by atoms with E-state index in [9.17, 15) is 0 Å². The SMILES string of the molecule is C/C=C(/CCCC)c1ccccc1C. The molecule has 0 heteroatoms. The summed E-state index contributed by atoms with van der Waals surface area (Å²) in [5.74, 6) is 0. The summed E-state index contributed by atoms with van der Waals surface area (Å²) in [7, 11) is 0. The highest BCUT2D eigenvalue weighted by molar-refractivity contribution is 5.67. The van der Waals surface area contributed by atoms with Crippen LogP contribution in [-0.2, 0) is 0 Å². The summed E-state index contributed by atoms with van der Waals surface area (Å²) in [5.41, 5.74) is 4.30. The average molecular weight is 188 g/mol. The number of unbranched alkanes of at least 4 members (excludes halogenated alkanes) is 1. The van der Waals surface area contributed by atoms with Crippen LogP contribution in [0.15, 0.2) is 30.3 Å². The van der Waals surface area contributed by atoms with Crippen molar-refractivity contribution in [1.82, 2.24) is 0 Å². The summed E-state index contributed by atoms with van der Waals surface area (Å²) in [6.45, 7) is 6.56. The molecule has 0 aromatic heterocycles. The van der Waals surface area contributed by atoms with E-state index < -0.39 is 0 Å². The predicted molar refractivity (Wildman–Crippen MR) is 64.4 cm³/mol. The molecule has 76 valence electrons. The molecule has 0 spiro atoms. The van der Waals surface area contributed by atoms with E-state index >= 15 is 0 Å². The van der Waals surface area contributed by atoms with Crippen molar-refractivity contribution in [3.8, 4) is 0 Å². The topological polar surface area (TPSA) is 0 Å². The van der Waals surface area contributed by atoms with Gasteiger partial charge in [0.05, 0.1) is 0 Å². The fourth-order valence-corrected chi connectivity index (χ4v) is 1.73. The van der Waals surface area contributed by atoms with Gasteiger partial charge in [-0.15, -0.1) is 0 Å². The zero-order valence-electron chi connectivity index (χ0n) is 9.51. The van der Waals surface area contributed by atoms with Gasteiger partial charge in [0.15, 0.2) is 0 Å². The molecule has 0 aliphatic rings. The first-order valence-corrected chi connectivity index (χ1v) is 5.50. The Morgan fingerprint density at radius 2 is 2.00 bits per heavy atom. The Kier molecular flexibility index (Phi) is 4.45. The Morgan fingerprint density at radius 1 is 1.29 bits per heavy atom. The molecule has 0 saturated carbocycles. The second-order valence-corrected chi connectivity index (χ2v) is 3.73. The predicted octanol–water partition coefficient (Wildman–Crippen LogP) is 4.59. The highest BCUT2D eigenvalue weighted by Gasteiger charge is 2.02. The van der Waals surface area contributed by atoms with Crippen molar-refractivity contribution in [3.63, 3.8) is 0 Å². The lowest BCUT2D eigenvalue weighted by Crippen LogP contribution is -1.88. The first-order valence-electron chi connectivity index (χ1n) is 5.50. The summed E-state index contributed by atoms with van der Waals surface area (Å²) in [4.78, 5) is 0. The number of hydrogen-bond donors (Lipinski definition) is 0. The molecule has 0 heterocycles. The van der Waals surface area contributed by atoms with E-state index in [2.05, 4.69) is 51.1 Å². The average Bonchev–Trinajstić information content (AvgIpc) is 2.21. The highest BCUT2D eigenvalue weighted by Crippen LogP contribution is 2.23. The Labute approximate surface area is 87.7 Å². The maximum absolute atomic E-state index is 2.25. The van der Waals surface area contributed by atoms with Crippen molar-refractivity contribution in [2.45, 2.75) is 40.0 Å². The number of benzene rings is 1. The van der Waals surface area contributed by atoms with Crippen LogP contribution in [0.25, 0.3) is 5.57 Å². The molecule has 0 radical (unpaired) electrons. The molecule has 14 heavy (non-hydrogen) atoms. The number of hydrogen-bond acceptors (Lipinski definition) is 0. The van der Waals surface area contributed by atoms with Gasteiger partial charge in [0, 0.05) is 0 Å². The maximum Gasteiger partial charge on any atom is -0.0199 e. The standard InChI is InChI=1S/C14H20/c1-4-6-10-13(5-2)14-11-8-7-9-12(14)3/h5,7-9,11H,4,6,10H2,1-3H3/b13-5-. The largest absolute Gasteiger partial charge is 0.0838 e. The maximum atomic E-state index is 2.25. The van der Waals surface area contributed by atoms with E-state index in [1.165, 1.54) is 36.0 Å². The minimum atomic E-state index is 1.21. The second-order valence-electron chi connectivity index (χ2n) is 3.73. The molecule has 0 bridgehead atoms. The number of rotatable bonds is 4. The lowest BCUT2D eigenvalue weighted by molar-refractivity contribution is 0.823. The van der Waals surface area contributed by atoms with Crippen molar-refractivity contribution >= 4 is 5.57 Å². The van der Waals surface area contributed by atoms with Gasteiger partial charge < -0.3 is 0 Å². The van der Waals surface area contributed by atoms with E-state index in [0.717, 1.165) is 0 Å². The fourth-order valence-electron chi connectivity index (χ4n) is 1.73. The Hall–Kier alpha value is -1.04. The van der Waals surface area contributed by atoms with Gasteiger partial charge in [-0.1, -0.05) is 43.7 Å². The van der Waals surface area contributed by atoms with Gasteiger partial charge in [0.1, 0.15) is 0 Å². The molecule has 0 aliphatic heterocycles. The van der Waals surface area contributed by atoms with Gasteiger partial charge in [-0.05, 0) is 43.4 Å².